The molecule has 2 N–H and O–H groups in total. The number of ketones is 1. The van der Waals surface area contributed by atoms with E-state index in [0.29, 0.717) is 23.1 Å². The molecule has 9 nitrogen and oxygen atoms in total. The lowest BCUT2D eigenvalue weighted by molar-refractivity contribution is -0.137. The minimum Gasteiger partial charge on any atom is -0.505 e. The van der Waals surface area contributed by atoms with E-state index < -0.39 is 67.2 Å². The summed E-state index contributed by atoms with van der Waals surface area (Å²) in [6.45, 7) is 1.61. The third-order valence-electron chi connectivity index (χ3n) is 7.31. The Morgan fingerprint density at radius 1 is 1.00 bits per heavy atom. The zero-order chi connectivity index (χ0) is 32.0. The summed E-state index contributed by atoms with van der Waals surface area (Å²) in [7, 11) is -2.73. The standard InChI is InChI=1S/C29H25ClF4N4O5S/c1-36-10-12-37(13-11-36)20-7-8-21-24(15-20)44(42,43)38(16-25(39)35-19-5-3-18(4-6-19)29(32,33)34)26(28(21)41)27(40)17-2-9-23(31)22(30)14-17/h2-9,14-15,40H,10-13,16H2,1H3,(H,35,39). The zero-order valence-corrected chi connectivity index (χ0v) is 24.6. The number of anilines is 2. The molecule has 3 aromatic rings. The SMILES string of the molecule is CN1CCN(c2ccc3c(c2)S(=O)(=O)N(CC(=O)Nc2ccc(C(F)(F)F)cc2)C(=C(O)c2ccc(F)c(Cl)c2)C3=O)CC1. The number of hydrogen-bond acceptors (Lipinski definition) is 7. The Balaban J connectivity index is 1.56. The molecule has 1 fully saturated rings. The molecule has 0 aromatic heterocycles. The Morgan fingerprint density at radius 2 is 1.66 bits per heavy atom. The lowest BCUT2D eigenvalue weighted by Crippen LogP contribution is -2.45. The number of nitrogens with zero attached hydrogens (tertiary/aromatic N) is 3. The number of hydrogen-bond donors (Lipinski definition) is 2. The number of rotatable bonds is 5. The quantitative estimate of drug-likeness (QED) is 0.227. The number of allylic oxidation sites excluding steroid dienone is 1. The van der Waals surface area contributed by atoms with Gasteiger partial charge in [0.25, 0.3) is 10.0 Å². The number of halogens is 5. The molecule has 5 rings (SSSR count). The van der Waals surface area contributed by atoms with Crippen molar-refractivity contribution in [2.45, 2.75) is 11.1 Å². The molecule has 1 saturated heterocycles. The molecule has 3 aromatic carbocycles. The summed E-state index contributed by atoms with van der Waals surface area (Å²) in [4.78, 5) is 30.5. The number of aliphatic hydroxyl groups excluding tert-OH is 1. The van der Waals surface area contributed by atoms with Gasteiger partial charge in [0.05, 0.1) is 10.6 Å². The summed E-state index contributed by atoms with van der Waals surface area (Å²) >= 11 is 5.85. The normalized spacial score (nSPS) is 18.2. The fourth-order valence-electron chi connectivity index (χ4n) is 4.90. The Bertz CT molecular complexity index is 1770. The highest BCUT2D eigenvalue weighted by Crippen LogP contribution is 2.38. The number of aliphatic hydroxyl groups is 1. The summed E-state index contributed by atoms with van der Waals surface area (Å²) in [5, 5.41) is 13.1. The predicted molar refractivity (Wildman–Crippen MR) is 155 cm³/mol. The third kappa shape index (κ3) is 6.10. The molecule has 1 amide bonds. The van der Waals surface area contributed by atoms with Crippen LogP contribution in [0.1, 0.15) is 21.5 Å². The van der Waals surface area contributed by atoms with Crippen LogP contribution in [-0.4, -0.2) is 74.2 Å². The van der Waals surface area contributed by atoms with Gasteiger partial charge in [-0.25, -0.2) is 17.1 Å². The highest BCUT2D eigenvalue weighted by atomic mass is 35.5. The third-order valence-corrected chi connectivity index (χ3v) is 9.39. The van der Waals surface area contributed by atoms with Crippen LogP contribution in [0.3, 0.4) is 0 Å². The molecule has 0 atom stereocenters. The van der Waals surface area contributed by atoms with Crippen LogP contribution in [0.25, 0.3) is 5.76 Å². The highest BCUT2D eigenvalue weighted by molar-refractivity contribution is 7.89. The van der Waals surface area contributed by atoms with Gasteiger partial charge >= 0.3 is 6.18 Å². The van der Waals surface area contributed by atoms with Crippen molar-refractivity contribution in [2.24, 2.45) is 0 Å². The molecule has 15 heteroatoms. The summed E-state index contributed by atoms with van der Waals surface area (Å²) in [5.74, 6) is -3.65. The predicted octanol–water partition coefficient (Wildman–Crippen LogP) is 5.00. The number of sulfonamides is 1. The number of likely N-dealkylation sites (N-methyl/N-ethyl adjacent to an activating group) is 1. The van der Waals surface area contributed by atoms with Gasteiger partial charge in [-0.2, -0.15) is 13.2 Å². The molecule has 2 aliphatic heterocycles. The molecule has 0 bridgehead atoms. The number of alkyl halides is 3. The number of piperazine rings is 1. The second-order valence-electron chi connectivity index (χ2n) is 10.3. The van der Waals surface area contributed by atoms with Gasteiger partial charge in [0.1, 0.15) is 23.0 Å². The van der Waals surface area contributed by atoms with Crippen LogP contribution in [-0.2, 0) is 21.0 Å². The summed E-state index contributed by atoms with van der Waals surface area (Å²) in [6, 6.07) is 10.7. The van der Waals surface area contributed by atoms with Gasteiger partial charge in [-0.15, -0.1) is 0 Å². The van der Waals surface area contributed by atoms with Crippen molar-refractivity contribution in [3.8, 4) is 0 Å². The number of nitrogens with one attached hydrogen (secondary N) is 1. The van der Waals surface area contributed by atoms with Gasteiger partial charge in [0.15, 0.2) is 5.76 Å². The van der Waals surface area contributed by atoms with E-state index in [2.05, 4.69) is 10.2 Å². The Morgan fingerprint density at radius 3 is 2.27 bits per heavy atom. The minimum atomic E-state index is -4.68. The summed E-state index contributed by atoms with van der Waals surface area (Å²) in [6.07, 6.45) is -4.61. The summed E-state index contributed by atoms with van der Waals surface area (Å²) in [5.41, 5.74) is -1.72. The maximum Gasteiger partial charge on any atom is 0.416 e. The lowest BCUT2D eigenvalue weighted by atomic mass is 10.0. The van der Waals surface area contributed by atoms with E-state index in [-0.39, 0.29) is 16.8 Å². The number of fused-ring (bicyclic) bond motifs is 1. The Labute approximate surface area is 255 Å². The maximum absolute atomic E-state index is 14.1. The van der Waals surface area contributed by atoms with E-state index >= 15 is 0 Å². The molecule has 0 unspecified atom stereocenters. The first-order valence-electron chi connectivity index (χ1n) is 13.2. The van der Waals surface area contributed by atoms with E-state index in [1.54, 1.807) is 6.07 Å². The van der Waals surface area contributed by atoms with Crippen molar-refractivity contribution in [3.63, 3.8) is 0 Å². The van der Waals surface area contributed by atoms with E-state index in [0.717, 1.165) is 55.6 Å². The van der Waals surface area contributed by atoms with E-state index in [9.17, 15) is 40.7 Å². The van der Waals surface area contributed by atoms with Crippen LogP contribution in [0.4, 0.5) is 28.9 Å². The van der Waals surface area contributed by atoms with Crippen molar-refractivity contribution < 1.29 is 40.7 Å². The Kier molecular flexibility index (Phi) is 8.35. The van der Waals surface area contributed by atoms with Crippen LogP contribution in [0.5, 0.6) is 0 Å². The fourth-order valence-corrected chi connectivity index (χ4v) is 6.72. The van der Waals surface area contributed by atoms with Crippen LogP contribution in [0, 0.1) is 5.82 Å². The zero-order valence-electron chi connectivity index (χ0n) is 23.0. The van der Waals surface area contributed by atoms with Crippen LogP contribution < -0.4 is 10.2 Å². The number of Topliss-reactive ketones (excluding diaryl/α,β-unsaturated/α-hetero) is 1. The number of carbonyl (C=O) groups is 2. The number of carbonyl (C=O) groups excluding carboxylic acids is 2. The van der Waals surface area contributed by atoms with Gasteiger partial charge < -0.3 is 20.2 Å². The van der Waals surface area contributed by atoms with Gasteiger partial charge in [0, 0.05) is 48.7 Å². The molecule has 0 spiro atoms. The number of amides is 1. The molecule has 0 saturated carbocycles. The van der Waals surface area contributed by atoms with Gasteiger partial charge in [-0.1, -0.05) is 11.6 Å². The van der Waals surface area contributed by atoms with Gasteiger partial charge in [-0.3, -0.25) is 9.59 Å². The van der Waals surface area contributed by atoms with Crippen molar-refractivity contribution in [1.29, 1.82) is 0 Å². The first kappa shape index (κ1) is 31.3. The molecule has 232 valence electrons. The van der Waals surface area contributed by atoms with E-state index in [4.69, 9.17) is 11.6 Å². The molecule has 2 heterocycles. The van der Waals surface area contributed by atoms with Crippen molar-refractivity contribution in [2.75, 3.05) is 50.0 Å². The monoisotopic (exact) mass is 652 g/mol. The lowest BCUT2D eigenvalue weighted by Gasteiger charge is -2.35. The maximum atomic E-state index is 14.1. The minimum absolute atomic E-state index is 0.0680. The van der Waals surface area contributed by atoms with Crippen molar-refractivity contribution in [3.05, 3.63) is 93.9 Å². The van der Waals surface area contributed by atoms with Crippen LogP contribution in [0.15, 0.2) is 71.3 Å². The largest absolute Gasteiger partial charge is 0.505 e. The average molecular weight is 653 g/mol. The Hall–Kier alpha value is -4.14. The van der Waals surface area contributed by atoms with Crippen molar-refractivity contribution >= 4 is 50.4 Å². The topological polar surface area (TPSA) is 110 Å². The fraction of sp³-hybridized carbons (Fsp3) is 0.241. The molecular weight excluding hydrogens is 628 g/mol. The second kappa shape index (κ2) is 11.7. The second-order valence-corrected chi connectivity index (χ2v) is 12.5. The van der Waals surface area contributed by atoms with Crippen molar-refractivity contribution in [1.82, 2.24) is 9.21 Å². The number of benzene rings is 3. The van der Waals surface area contributed by atoms with Gasteiger partial charge in [-0.05, 0) is 67.7 Å². The molecule has 0 radical (unpaired) electrons. The van der Waals surface area contributed by atoms with E-state index in [1.165, 1.54) is 12.1 Å². The smallest absolute Gasteiger partial charge is 0.416 e. The molecule has 44 heavy (non-hydrogen) atoms. The van der Waals surface area contributed by atoms with E-state index in [1.807, 2.05) is 11.9 Å². The first-order valence-corrected chi connectivity index (χ1v) is 15.0. The highest BCUT2D eigenvalue weighted by Gasteiger charge is 2.43. The first-order chi connectivity index (χ1) is 20.7. The van der Waals surface area contributed by atoms with Crippen LogP contribution >= 0.6 is 11.6 Å². The van der Waals surface area contributed by atoms with Gasteiger partial charge in [0.2, 0.25) is 11.7 Å². The molecule has 2 aliphatic rings. The molecule has 0 aliphatic carbocycles. The summed E-state index contributed by atoms with van der Waals surface area (Å²) < 4.78 is 81.2. The van der Waals surface area contributed by atoms with Crippen LogP contribution in [0.2, 0.25) is 5.02 Å². The average Bonchev–Trinajstić information content (AvgIpc) is 2.97. The molecular formula is C29H25ClF4N4O5S.